The number of hydrogen-bond acceptors (Lipinski definition) is 3. The fraction of sp³-hybridized carbons (Fsp3) is 0.625. The molecule has 0 radical (unpaired) electrons. The highest BCUT2D eigenvalue weighted by molar-refractivity contribution is 5.22. The Morgan fingerprint density at radius 3 is 2.95 bits per heavy atom. The Labute approximate surface area is 125 Å². The van der Waals surface area contributed by atoms with Gasteiger partial charge in [0.25, 0.3) is 0 Å². The van der Waals surface area contributed by atoms with Crippen LogP contribution in [0.2, 0.25) is 0 Å². The molecule has 1 saturated heterocycles. The minimum atomic E-state index is -0.782. The first-order chi connectivity index (χ1) is 10.1. The number of halogens is 2. The van der Waals surface area contributed by atoms with E-state index in [9.17, 15) is 8.78 Å². The van der Waals surface area contributed by atoms with Crippen molar-refractivity contribution in [3.63, 3.8) is 0 Å². The van der Waals surface area contributed by atoms with E-state index in [1.807, 2.05) is 6.92 Å². The lowest BCUT2D eigenvalue weighted by molar-refractivity contribution is -0.0192. The second kappa shape index (κ2) is 7.82. The summed E-state index contributed by atoms with van der Waals surface area (Å²) in [5.74, 6) is -1.52. The summed E-state index contributed by atoms with van der Waals surface area (Å²) in [7, 11) is 0. The number of benzene rings is 1. The van der Waals surface area contributed by atoms with Crippen molar-refractivity contribution < 1.29 is 13.5 Å². The summed E-state index contributed by atoms with van der Waals surface area (Å²) in [6.07, 6.45) is 0.989. The molecule has 1 fully saturated rings. The highest BCUT2D eigenvalue weighted by atomic mass is 19.2. The quantitative estimate of drug-likeness (QED) is 0.874. The van der Waals surface area contributed by atoms with Crippen molar-refractivity contribution in [1.29, 1.82) is 0 Å². The Kier molecular flexibility index (Phi) is 6.08. The van der Waals surface area contributed by atoms with Crippen LogP contribution in [-0.4, -0.2) is 43.8 Å². The van der Waals surface area contributed by atoms with Gasteiger partial charge < -0.3 is 10.1 Å². The Hall–Kier alpha value is -1.04. The van der Waals surface area contributed by atoms with Crippen LogP contribution in [-0.2, 0) is 4.74 Å². The van der Waals surface area contributed by atoms with Crippen LogP contribution in [0, 0.1) is 11.6 Å². The SMILES string of the molecule is CCNC(CCN1CCOC(C)C1)c1cccc(F)c1F. The van der Waals surface area contributed by atoms with Crippen LogP contribution in [0.25, 0.3) is 0 Å². The third-order valence-corrected chi connectivity index (χ3v) is 3.87. The molecule has 1 aromatic carbocycles. The van der Waals surface area contributed by atoms with Gasteiger partial charge in [-0.3, -0.25) is 4.90 Å². The van der Waals surface area contributed by atoms with Crippen molar-refractivity contribution in [2.24, 2.45) is 0 Å². The van der Waals surface area contributed by atoms with Crippen molar-refractivity contribution in [3.05, 3.63) is 35.4 Å². The standard InChI is InChI=1S/C16H24F2N2O/c1-3-19-15(13-5-4-6-14(17)16(13)18)7-8-20-9-10-21-12(2)11-20/h4-6,12,15,19H,3,7-11H2,1-2H3. The summed E-state index contributed by atoms with van der Waals surface area (Å²) in [6.45, 7) is 8.13. The van der Waals surface area contributed by atoms with Crippen molar-refractivity contribution in [2.45, 2.75) is 32.4 Å². The van der Waals surface area contributed by atoms with Crippen LogP contribution in [0.4, 0.5) is 8.78 Å². The van der Waals surface area contributed by atoms with Crippen molar-refractivity contribution >= 4 is 0 Å². The smallest absolute Gasteiger partial charge is 0.163 e. The van der Waals surface area contributed by atoms with Gasteiger partial charge in [-0.2, -0.15) is 0 Å². The van der Waals surface area contributed by atoms with E-state index in [0.29, 0.717) is 5.56 Å². The number of hydrogen-bond donors (Lipinski definition) is 1. The van der Waals surface area contributed by atoms with Gasteiger partial charge in [0.1, 0.15) is 0 Å². The van der Waals surface area contributed by atoms with Gasteiger partial charge in [0.15, 0.2) is 11.6 Å². The van der Waals surface area contributed by atoms with E-state index in [-0.39, 0.29) is 12.1 Å². The fourth-order valence-corrected chi connectivity index (χ4v) is 2.81. The van der Waals surface area contributed by atoms with Gasteiger partial charge in [0, 0.05) is 31.2 Å². The van der Waals surface area contributed by atoms with Crippen molar-refractivity contribution in [3.8, 4) is 0 Å². The molecule has 5 heteroatoms. The van der Waals surface area contributed by atoms with Gasteiger partial charge in [-0.05, 0) is 26.0 Å². The zero-order valence-electron chi connectivity index (χ0n) is 12.7. The number of nitrogens with zero attached hydrogens (tertiary/aromatic N) is 1. The molecule has 0 saturated carbocycles. The van der Waals surface area contributed by atoms with E-state index in [4.69, 9.17) is 4.74 Å². The molecule has 2 unspecified atom stereocenters. The molecule has 0 bridgehead atoms. The van der Waals surface area contributed by atoms with E-state index in [0.717, 1.165) is 45.3 Å². The summed E-state index contributed by atoms with van der Waals surface area (Å²) >= 11 is 0. The van der Waals surface area contributed by atoms with Crippen molar-refractivity contribution in [2.75, 3.05) is 32.8 Å². The van der Waals surface area contributed by atoms with Crippen LogP contribution < -0.4 is 5.32 Å². The summed E-state index contributed by atoms with van der Waals surface area (Å²) in [6, 6.07) is 4.22. The second-order valence-electron chi connectivity index (χ2n) is 5.52. The highest BCUT2D eigenvalue weighted by Gasteiger charge is 2.21. The molecule has 1 heterocycles. The molecule has 21 heavy (non-hydrogen) atoms. The van der Waals surface area contributed by atoms with Gasteiger partial charge in [0.05, 0.1) is 12.7 Å². The zero-order chi connectivity index (χ0) is 15.2. The first-order valence-corrected chi connectivity index (χ1v) is 7.63. The van der Waals surface area contributed by atoms with Gasteiger partial charge in [-0.25, -0.2) is 8.78 Å². The molecule has 3 nitrogen and oxygen atoms in total. The Bertz CT molecular complexity index is 456. The topological polar surface area (TPSA) is 24.5 Å². The van der Waals surface area contributed by atoms with Gasteiger partial charge in [-0.1, -0.05) is 19.1 Å². The first kappa shape index (κ1) is 16.3. The molecule has 2 atom stereocenters. The molecule has 1 aliphatic heterocycles. The van der Waals surface area contributed by atoms with Crippen LogP contribution in [0.15, 0.2) is 18.2 Å². The van der Waals surface area contributed by atoms with E-state index >= 15 is 0 Å². The summed E-state index contributed by atoms with van der Waals surface area (Å²) < 4.78 is 32.9. The molecule has 118 valence electrons. The van der Waals surface area contributed by atoms with E-state index in [1.54, 1.807) is 12.1 Å². The summed E-state index contributed by atoms with van der Waals surface area (Å²) in [4.78, 5) is 2.32. The number of ether oxygens (including phenoxy) is 1. The molecule has 0 aliphatic carbocycles. The van der Waals surface area contributed by atoms with E-state index in [1.165, 1.54) is 0 Å². The maximum atomic E-state index is 14.0. The van der Waals surface area contributed by atoms with E-state index < -0.39 is 11.6 Å². The average molecular weight is 298 g/mol. The van der Waals surface area contributed by atoms with Crippen molar-refractivity contribution in [1.82, 2.24) is 10.2 Å². The number of nitrogens with one attached hydrogen (secondary N) is 1. The largest absolute Gasteiger partial charge is 0.376 e. The first-order valence-electron chi connectivity index (χ1n) is 7.63. The molecule has 1 N–H and O–H groups in total. The summed E-state index contributed by atoms with van der Waals surface area (Å²) in [5, 5.41) is 3.25. The normalized spacial score (nSPS) is 21.4. The molecule has 1 aromatic rings. The predicted molar refractivity (Wildman–Crippen MR) is 79.2 cm³/mol. The number of rotatable bonds is 6. The van der Waals surface area contributed by atoms with Gasteiger partial charge >= 0.3 is 0 Å². The molecular formula is C16H24F2N2O. The fourth-order valence-electron chi connectivity index (χ4n) is 2.81. The lowest BCUT2D eigenvalue weighted by Gasteiger charge is -2.32. The van der Waals surface area contributed by atoms with Crippen LogP contribution in [0.1, 0.15) is 31.9 Å². The van der Waals surface area contributed by atoms with Crippen LogP contribution in [0.3, 0.4) is 0 Å². The molecule has 0 amide bonds. The molecular weight excluding hydrogens is 274 g/mol. The van der Waals surface area contributed by atoms with Crippen LogP contribution in [0.5, 0.6) is 0 Å². The van der Waals surface area contributed by atoms with Gasteiger partial charge in [0.2, 0.25) is 0 Å². The Morgan fingerprint density at radius 1 is 1.43 bits per heavy atom. The monoisotopic (exact) mass is 298 g/mol. The Morgan fingerprint density at radius 2 is 2.24 bits per heavy atom. The molecule has 2 rings (SSSR count). The lowest BCUT2D eigenvalue weighted by atomic mass is 10.0. The third kappa shape index (κ3) is 4.46. The Balaban J connectivity index is 2.00. The molecule has 1 aliphatic rings. The average Bonchev–Trinajstić information content (AvgIpc) is 2.47. The second-order valence-corrected chi connectivity index (χ2v) is 5.52. The van der Waals surface area contributed by atoms with Crippen LogP contribution >= 0.6 is 0 Å². The summed E-state index contributed by atoms with van der Waals surface area (Å²) in [5.41, 5.74) is 0.415. The predicted octanol–water partition coefficient (Wildman–Crippen LogP) is 2.73. The maximum Gasteiger partial charge on any atom is 0.163 e. The third-order valence-electron chi connectivity index (χ3n) is 3.87. The molecule has 0 aromatic heterocycles. The zero-order valence-corrected chi connectivity index (χ0v) is 12.7. The molecule has 0 spiro atoms. The highest BCUT2D eigenvalue weighted by Crippen LogP contribution is 2.22. The minimum Gasteiger partial charge on any atom is -0.376 e. The maximum absolute atomic E-state index is 14.0. The van der Waals surface area contributed by atoms with E-state index in [2.05, 4.69) is 17.1 Å². The minimum absolute atomic E-state index is 0.163. The number of morpholine rings is 1. The van der Waals surface area contributed by atoms with Gasteiger partial charge in [-0.15, -0.1) is 0 Å². The lowest BCUT2D eigenvalue weighted by Crippen LogP contribution is -2.42.